The lowest BCUT2D eigenvalue weighted by Gasteiger charge is -2.37. The van der Waals surface area contributed by atoms with Crippen LogP contribution in [-0.2, 0) is 19.1 Å². The summed E-state index contributed by atoms with van der Waals surface area (Å²) < 4.78 is 9.27. The van der Waals surface area contributed by atoms with E-state index in [1.165, 1.54) is 14.2 Å². The summed E-state index contributed by atoms with van der Waals surface area (Å²) in [5.41, 5.74) is 2.82. The number of piperazine rings is 1. The Morgan fingerprint density at radius 3 is 1.83 bits per heavy atom. The Morgan fingerprint density at radius 1 is 0.867 bits per heavy atom. The number of esters is 2. The first-order chi connectivity index (χ1) is 14.5. The molecule has 8 nitrogen and oxygen atoms in total. The highest BCUT2D eigenvalue weighted by Crippen LogP contribution is 2.24. The number of carbonyl (C=O) groups excluding carboxylic acids is 2. The van der Waals surface area contributed by atoms with Crippen molar-refractivity contribution in [2.24, 2.45) is 0 Å². The van der Waals surface area contributed by atoms with Gasteiger partial charge in [0, 0.05) is 43.2 Å². The normalized spacial score (nSPS) is 14.3. The Hall–Kier alpha value is -3.68. The van der Waals surface area contributed by atoms with E-state index in [1.54, 1.807) is 12.1 Å². The summed E-state index contributed by atoms with van der Waals surface area (Å²) in [4.78, 5) is 27.9. The zero-order valence-corrected chi connectivity index (χ0v) is 17.0. The first-order valence-corrected chi connectivity index (χ1v) is 9.54. The molecule has 0 unspecified atom stereocenters. The number of ether oxygens (including phenoxy) is 2. The standard InChI is InChI=1S/C22H25N3O5/c1-29-21(27)15-20(22(28)30-2)23-16-3-5-17(6-4-16)24-11-13-25(14-12-24)18-7-9-19(26)10-8-18/h3-10,15,23,26H,11-14H2,1-2H3/b20-15+. The molecular weight excluding hydrogens is 386 g/mol. The number of nitrogens with one attached hydrogen (secondary N) is 1. The first-order valence-electron chi connectivity index (χ1n) is 9.54. The summed E-state index contributed by atoms with van der Waals surface area (Å²) in [6.45, 7) is 3.48. The van der Waals surface area contributed by atoms with Crippen LogP contribution in [0.1, 0.15) is 0 Å². The van der Waals surface area contributed by atoms with E-state index >= 15 is 0 Å². The topological polar surface area (TPSA) is 91.3 Å². The fourth-order valence-corrected chi connectivity index (χ4v) is 3.23. The maximum Gasteiger partial charge on any atom is 0.354 e. The SMILES string of the molecule is COC(=O)/C=C(/Nc1ccc(N2CCN(c3ccc(O)cc3)CC2)cc1)C(=O)OC. The van der Waals surface area contributed by atoms with Crippen LogP contribution in [0.3, 0.4) is 0 Å². The molecule has 2 aromatic carbocycles. The van der Waals surface area contributed by atoms with Gasteiger partial charge in [-0.25, -0.2) is 9.59 Å². The number of benzene rings is 2. The zero-order chi connectivity index (χ0) is 21.5. The fourth-order valence-electron chi connectivity index (χ4n) is 3.23. The van der Waals surface area contributed by atoms with Crippen LogP contribution in [0.15, 0.2) is 60.3 Å². The number of aromatic hydroxyl groups is 1. The summed E-state index contributed by atoms with van der Waals surface area (Å²) in [6.07, 6.45) is 1.06. The summed E-state index contributed by atoms with van der Waals surface area (Å²) in [7, 11) is 2.49. The Balaban J connectivity index is 1.61. The molecule has 1 aliphatic rings. The van der Waals surface area contributed by atoms with Gasteiger partial charge in [-0.3, -0.25) is 0 Å². The van der Waals surface area contributed by atoms with Crippen LogP contribution in [0, 0.1) is 0 Å². The van der Waals surface area contributed by atoms with Gasteiger partial charge in [0.2, 0.25) is 0 Å². The van der Waals surface area contributed by atoms with Crippen molar-refractivity contribution in [3.63, 3.8) is 0 Å². The monoisotopic (exact) mass is 411 g/mol. The molecule has 0 spiro atoms. The van der Waals surface area contributed by atoms with Gasteiger partial charge in [0.25, 0.3) is 0 Å². The second kappa shape index (κ2) is 9.69. The molecule has 0 atom stereocenters. The minimum atomic E-state index is -0.658. The minimum absolute atomic E-state index is 0.000359. The molecule has 0 amide bonds. The molecule has 1 saturated heterocycles. The molecule has 3 rings (SSSR count). The van der Waals surface area contributed by atoms with E-state index in [2.05, 4.69) is 19.9 Å². The summed E-state index contributed by atoms with van der Waals surface area (Å²) in [5.74, 6) is -1.04. The van der Waals surface area contributed by atoms with E-state index in [9.17, 15) is 14.7 Å². The molecule has 2 aromatic rings. The molecule has 30 heavy (non-hydrogen) atoms. The molecule has 1 aliphatic heterocycles. The lowest BCUT2D eigenvalue weighted by atomic mass is 10.2. The van der Waals surface area contributed by atoms with Crippen molar-refractivity contribution < 1.29 is 24.2 Å². The van der Waals surface area contributed by atoms with Crippen molar-refractivity contribution in [3.8, 4) is 5.75 Å². The van der Waals surface area contributed by atoms with Crippen LogP contribution in [0.2, 0.25) is 0 Å². The van der Waals surface area contributed by atoms with E-state index in [4.69, 9.17) is 4.74 Å². The smallest absolute Gasteiger partial charge is 0.354 e. The molecule has 0 saturated carbocycles. The molecule has 0 radical (unpaired) electrons. The fraction of sp³-hybridized carbons (Fsp3) is 0.273. The molecule has 1 heterocycles. The highest BCUT2D eigenvalue weighted by molar-refractivity contribution is 5.98. The molecule has 2 N–H and O–H groups in total. The average molecular weight is 411 g/mol. The molecule has 0 bridgehead atoms. The van der Waals surface area contributed by atoms with Crippen LogP contribution >= 0.6 is 0 Å². The summed E-state index contributed by atoms with van der Waals surface area (Å²) in [5, 5.41) is 12.3. The zero-order valence-electron chi connectivity index (χ0n) is 17.0. The van der Waals surface area contributed by atoms with E-state index in [0.717, 1.165) is 43.6 Å². The van der Waals surface area contributed by atoms with Gasteiger partial charge in [-0.05, 0) is 48.5 Å². The lowest BCUT2D eigenvalue weighted by Crippen LogP contribution is -2.46. The number of methoxy groups -OCH3 is 2. The predicted molar refractivity (Wildman–Crippen MR) is 115 cm³/mol. The quantitative estimate of drug-likeness (QED) is 0.553. The van der Waals surface area contributed by atoms with E-state index in [0.29, 0.717) is 5.69 Å². The number of phenolic OH excluding ortho intramolecular Hbond substituents is 1. The molecule has 0 aromatic heterocycles. The number of carbonyl (C=O) groups is 2. The van der Waals surface area contributed by atoms with E-state index in [1.807, 2.05) is 36.4 Å². The third kappa shape index (κ3) is 5.22. The van der Waals surface area contributed by atoms with Gasteiger partial charge < -0.3 is 29.7 Å². The molecule has 8 heteroatoms. The highest BCUT2D eigenvalue weighted by atomic mass is 16.5. The number of hydrogen-bond acceptors (Lipinski definition) is 8. The predicted octanol–water partition coefficient (Wildman–Crippen LogP) is 2.36. The number of hydrogen-bond donors (Lipinski definition) is 2. The average Bonchev–Trinajstić information content (AvgIpc) is 2.79. The first kappa shape index (κ1) is 21.0. The van der Waals surface area contributed by atoms with Gasteiger partial charge in [0.05, 0.1) is 20.3 Å². The van der Waals surface area contributed by atoms with Crippen molar-refractivity contribution >= 4 is 29.0 Å². The van der Waals surface area contributed by atoms with E-state index < -0.39 is 11.9 Å². The Labute approximate surface area is 175 Å². The van der Waals surface area contributed by atoms with Crippen LogP contribution in [0.5, 0.6) is 5.75 Å². The van der Waals surface area contributed by atoms with Crippen LogP contribution in [-0.4, -0.2) is 57.4 Å². The van der Waals surface area contributed by atoms with Crippen LogP contribution in [0.4, 0.5) is 17.1 Å². The minimum Gasteiger partial charge on any atom is -0.508 e. The van der Waals surface area contributed by atoms with Crippen molar-refractivity contribution in [2.75, 3.05) is 55.5 Å². The van der Waals surface area contributed by atoms with Gasteiger partial charge in [0.15, 0.2) is 0 Å². The van der Waals surface area contributed by atoms with Crippen molar-refractivity contribution in [3.05, 3.63) is 60.3 Å². The number of rotatable bonds is 6. The number of nitrogens with zero attached hydrogens (tertiary/aromatic N) is 2. The van der Waals surface area contributed by atoms with Crippen molar-refractivity contribution in [1.29, 1.82) is 0 Å². The second-order valence-corrected chi connectivity index (χ2v) is 6.74. The Kier molecular flexibility index (Phi) is 6.79. The molecule has 158 valence electrons. The van der Waals surface area contributed by atoms with Gasteiger partial charge in [0.1, 0.15) is 11.4 Å². The molecular formula is C22H25N3O5. The molecule has 1 fully saturated rings. The third-order valence-corrected chi connectivity index (χ3v) is 4.87. The van der Waals surface area contributed by atoms with Crippen molar-refractivity contribution in [2.45, 2.75) is 0 Å². The summed E-state index contributed by atoms with van der Waals surface area (Å²) in [6, 6.07) is 14.9. The van der Waals surface area contributed by atoms with Crippen molar-refractivity contribution in [1.82, 2.24) is 0 Å². The van der Waals surface area contributed by atoms with Crippen LogP contribution in [0.25, 0.3) is 0 Å². The van der Waals surface area contributed by atoms with Gasteiger partial charge in [-0.1, -0.05) is 0 Å². The lowest BCUT2D eigenvalue weighted by molar-refractivity contribution is -0.138. The number of anilines is 3. The second-order valence-electron chi connectivity index (χ2n) is 6.74. The molecule has 0 aliphatic carbocycles. The largest absolute Gasteiger partial charge is 0.508 e. The highest BCUT2D eigenvalue weighted by Gasteiger charge is 2.18. The van der Waals surface area contributed by atoms with E-state index in [-0.39, 0.29) is 11.4 Å². The van der Waals surface area contributed by atoms with Gasteiger partial charge in [-0.2, -0.15) is 0 Å². The third-order valence-electron chi connectivity index (χ3n) is 4.87. The maximum atomic E-state index is 11.9. The Morgan fingerprint density at radius 2 is 1.37 bits per heavy atom. The number of phenols is 1. The van der Waals surface area contributed by atoms with Gasteiger partial charge in [-0.15, -0.1) is 0 Å². The van der Waals surface area contributed by atoms with Crippen LogP contribution < -0.4 is 15.1 Å². The van der Waals surface area contributed by atoms with Gasteiger partial charge >= 0.3 is 11.9 Å². The summed E-state index contributed by atoms with van der Waals surface area (Å²) >= 11 is 0. The maximum absolute atomic E-state index is 11.9. The Bertz CT molecular complexity index is 901.